The van der Waals surface area contributed by atoms with Crippen LogP contribution in [-0.2, 0) is 0 Å². The van der Waals surface area contributed by atoms with Gasteiger partial charge in [0.15, 0.2) is 0 Å². The van der Waals surface area contributed by atoms with E-state index in [1.807, 2.05) is 0 Å². The Bertz CT molecular complexity index is 405. The van der Waals surface area contributed by atoms with Crippen molar-refractivity contribution in [3.05, 3.63) is 33.3 Å². The van der Waals surface area contributed by atoms with Crippen LogP contribution in [0.25, 0.3) is 0 Å². The SMILES string of the molecule is O=[N+]([O-])c1cccc(Cl)c1OC1CCNC1. The second-order valence-electron chi connectivity index (χ2n) is 3.58. The van der Waals surface area contributed by atoms with Gasteiger partial charge in [-0.1, -0.05) is 17.7 Å². The minimum Gasteiger partial charge on any atom is -0.481 e. The van der Waals surface area contributed by atoms with Gasteiger partial charge in [0.2, 0.25) is 5.75 Å². The van der Waals surface area contributed by atoms with Gasteiger partial charge < -0.3 is 10.1 Å². The third kappa shape index (κ3) is 2.25. The summed E-state index contributed by atoms with van der Waals surface area (Å²) in [6.07, 6.45) is 0.793. The van der Waals surface area contributed by atoms with E-state index in [1.54, 1.807) is 12.1 Å². The molecule has 0 aromatic heterocycles. The third-order valence-electron chi connectivity index (χ3n) is 2.44. The standard InChI is InChI=1S/C10H11ClN2O3/c11-8-2-1-3-9(13(14)15)10(8)16-7-4-5-12-6-7/h1-3,7,12H,4-6H2. The fourth-order valence-corrected chi connectivity index (χ4v) is 1.87. The number of hydrogen-bond donors (Lipinski definition) is 1. The number of rotatable bonds is 3. The molecule has 1 fully saturated rings. The van der Waals surface area contributed by atoms with E-state index in [2.05, 4.69) is 5.32 Å². The van der Waals surface area contributed by atoms with Gasteiger partial charge in [0.05, 0.1) is 9.95 Å². The van der Waals surface area contributed by atoms with Gasteiger partial charge >= 0.3 is 5.69 Å². The van der Waals surface area contributed by atoms with E-state index < -0.39 is 4.92 Å². The molecule has 16 heavy (non-hydrogen) atoms. The average Bonchev–Trinajstić information content (AvgIpc) is 2.73. The Hall–Kier alpha value is -1.33. The summed E-state index contributed by atoms with van der Waals surface area (Å²) in [4.78, 5) is 10.3. The van der Waals surface area contributed by atoms with E-state index in [0.717, 1.165) is 13.0 Å². The smallest absolute Gasteiger partial charge is 0.312 e. The summed E-state index contributed by atoms with van der Waals surface area (Å²) in [5.74, 6) is 0.169. The highest BCUT2D eigenvalue weighted by Crippen LogP contribution is 2.35. The van der Waals surface area contributed by atoms with Crippen LogP contribution in [-0.4, -0.2) is 24.1 Å². The summed E-state index contributed by atoms with van der Waals surface area (Å²) in [6.45, 7) is 1.56. The van der Waals surface area contributed by atoms with Gasteiger partial charge in [-0.2, -0.15) is 0 Å². The van der Waals surface area contributed by atoms with Crippen molar-refractivity contribution in [3.8, 4) is 5.75 Å². The number of nitro benzene ring substituents is 1. The highest BCUT2D eigenvalue weighted by Gasteiger charge is 2.23. The molecule has 0 saturated carbocycles. The van der Waals surface area contributed by atoms with Crippen LogP contribution in [0.15, 0.2) is 18.2 Å². The predicted molar refractivity (Wildman–Crippen MR) is 60.0 cm³/mol. The lowest BCUT2D eigenvalue weighted by molar-refractivity contribution is -0.386. The third-order valence-corrected chi connectivity index (χ3v) is 2.74. The first kappa shape index (κ1) is 11.2. The normalized spacial score (nSPS) is 19.7. The Labute approximate surface area is 97.5 Å². The fraction of sp³-hybridized carbons (Fsp3) is 0.400. The number of halogens is 1. The largest absolute Gasteiger partial charge is 0.481 e. The van der Waals surface area contributed by atoms with Crippen molar-refractivity contribution in [1.82, 2.24) is 5.32 Å². The summed E-state index contributed by atoms with van der Waals surface area (Å²) in [6, 6.07) is 4.52. The average molecular weight is 243 g/mol. The minimum atomic E-state index is -0.483. The molecule has 1 aliphatic rings. The first-order valence-electron chi connectivity index (χ1n) is 4.99. The zero-order valence-corrected chi connectivity index (χ0v) is 9.24. The van der Waals surface area contributed by atoms with Crippen LogP contribution in [0.1, 0.15) is 6.42 Å². The lowest BCUT2D eigenvalue weighted by atomic mass is 10.2. The highest BCUT2D eigenvalue weighted by atomic mass is 35.5. The molecule has 0 bridgehead atoms. The first-order chi connectivity index (χ1) is 7.68. The zero-order chi connectivity index (χ0) is 11.5. The maximum atomic E-state index is 10.8. The summed E-state index contributed by atoms with van der Waals surface area (Å²) in [5.41, 5.74) is -0.0839. The highest BCUT2D eigenvalue weighted by molar-refractivity contribution is 6.32. The predicted octanol–water partition coefficient (Wildman–Crippen LogP) is 1.99. The number of benzene rings is 1. The van der Waals surface area contributed by atoms with Crippen molar-refractivity contribution in [2.45, 2.75) is 12.5 Å². The van der Waals surface area contributed by atoms with E-state index >= 15 is 0 Å². The Morgan fingerprint density at radius 3 is 3.00 bits per heavy atom. The summed E-state index contributed by atoms with van der Waals surface area (Å²) in [5, 5.41) is 14.2. The van der Waals surface area contributed by atoms with Crippen LogP contribution in [0.4, 0.5) is 5.69 Å². The molecule has 5 nitrogen and oxygen atoms in total. The lowest BCUT2D eigenvalue weighted by Gasteiger charge is -2.13. The van der Waals surface area contributed by atoms with E-state index in [0.29, 0.717) is 6.54 Å². The number of para-hydroxylation sites is 1. The summed E-state index contributed by atoms with van der Waals surface area (Å²) < 4.78 is 5.56. The minimum absolute atomic E-state index is 0.0430. The molecule has 1 atom stereocenters. The van der Waals surface area contributed by atoms with Gasteiger partial charge in [-0.25, -0.2) is 0 Å². The van der Waals surface area contributed by atoms with E-state index in [1.165, 1.54) is 6.07 Å². The number of nitro groups is 1. The Morgan fingerprint density at radius 2 is 2.38 bits per heavy atom. The number of nitrogens with one attached hydrogen (secondary N) is 1. The summed E-state index contributed by atoms with van der Waals surface area (Å²) in [7, 11) is 0. The molecule has 0 aliphatic carbocycles. The van der Waals surface area contributed by atoms with E-state index in [9.17, 15) is 10.1 Å². The lowest BCUT2D eigenvalue weighted by Crippen LogP contribution is -2.20. The molecule has 1 N–H and O–H groups in total. The molecule has 1 unspecified atom stereocenters. The molecule has 1 aliphatic heterocycles. The van der Waals surface area contributed by atoms with E-state index in [-0.39, 0.29) is 22.6 Å². The molecule has 86 valence electrons. The van der Waals surface area contributed by atoms with Crippen molar-refractivity contribution in [2.24, 2.45) is 0 Å². The van der Waals surface area contributed by atoms with Crippen molar-refractivity contribution in [3.63, 3.8) is 0 Å². The van der Waals surface area contributed by atoms with Gasteiger partial charge in [-0.05, 0) is 19.0 Å². The fourth-order valence-electron chi connectivity index (χ4n) is 1.65. The first-order valence-corrected chi connectivity index (χ1v) is 5.36. The van der Waals surface area contributed by atoms with Gasteiger partial charge in [0, 0.05) is 12.6 Å². The molecule has 1 heterocycles. The molecule has 1 aromatic carbocycles. The Morgan fingerprint density at radius 1 is 1.56 bits per heavy atom. The quantitative estimate of drug-likeness (QED) is 0.650. The van der Waals surface area contributed by atoms with Gasteiger partial charge in [-0.3, -0.25) is 10.1 Å². The van der Waals surface area contributed by atoms with Crippen LogP contribution in [0.2, 0.25) is 5.02 Å². The molecule has 2 rings (SSSR count). The van der Waals surface area contributed by atoms with Gasteiger partial charge in [-0.15, -0.1) is 0 Å². The molecule has 0 radical (unpaired) electrons. The molecule has 0 spiro atoms. The zero-order valence-electron chi connectivity index (χ0n) is 8.48. The van der Waals surface area contributed by atoms with Gasteiger partial charge in [0.25, 0.3) is 0 Å². The van der Waals surface area contributed by atoms with Crippen LogP contribution in [0, 0.1) is 10.1 Å². The summed E-state index contributed by atoms with van der Waals surface area (Å²) >= 11 is 5.90. The second-order valence-corrected chi connectivity index (χ2v) is 3.99. The molecule has 0 amide bonds. The number of nitrogens with zero attached hydrogens (tertiary/aromatic N) is 1. The maximum Gasteiger partial charge on any atom is 0.312 e. The monoisotopic (exact) mass is 242 g/mol. The number of hydrogen-bond acceptors (Lipinski definition) is 4. The molecule has 1 aromatic rings. The van der Waals surface area contributed by atoms with Gasteiger partial charge in [0.1, 0.15) is 6.10 Å². The number of ether oxygens (including phenoxy) is 1. The van der Waals surface area contributed by atoms with E-state index in [4.69, 9.17) is 16.3 Å². The van der Waals surface area contributed by atoms with Crippen molar-refractivity contribution in [2.75, 3.05) is 13.1 Å². The van der Waals surface area contributed by atoms with Crippen LogP contribution >= 0.6 is 11.6 Å². The Balaban J connectivity index is 2.26. The molecular weight excluding hydrogens is 232 g/mol. The van der Waals surface area contributed by atoms with Crippen LogP contribution < -0.4 is 10.1 Å². The van der Waals surface area contributed by atoms with Crippen LogP contribution in [0.5, 0.6) is 5.75 Å². The van der Waals surface area contributed by atoms with Crippen molar-refractivity contribution in [1.29, 1.82) is 0 Å². The van der Waals surface area contributed by atoms with Crippen molar-refractivity contribution < 1.29 is 9.66 Å². The maximum absolute atomic E-state index is 10.8. The van der Waals surface area contributed by atoms with Crippen molar-refractivity contribution >= 4 is 17.3 Å². The second kappa shape index (κ2) is 4.67. The molecule has 6 heteroatoms. The topological polar surface area (TPSA) is 64.4 Å². The Kier molecular flexibility index (Phi) is 3.26. The molecule has 1 saturated heterocycles. The molecular formula is C10H11ClN2O3. The van der Waals surface area contributed by atoms with Crippen LogP contribution in [0.3, 0.4) is 0 Å².